The van der Waals surface area contributed by atoms with Crippen LogP contribution in [0.4, 0.5) is 4.79 Å². The van der Waals surface area contributed by atoms with Crippen molar-refractivity contribution in [3.8, 4) is 0 Å². The van der Waals surface area contributed by atoms with E-state index in [1.54, 1.807) is 0 Å². The molecule has 4 heteroatoms. The van der Waals surface area contributed by atoms with Crippen LogP contribution in [0.1, 0.15) is 22.7 Å². The van der Waals surface area contributed by atoms with E-state index in [1.165, 1.54) is 11.1 Å². The molecule has 1 heterocycles. The molecule has 104 valence electrons. The molecule has 0 spiro atoms. The van der Waals surface area contributed by atoms with E-state index in [0.717, 1.165) is 27.7 Å². The van der Waals surface area contributed by atoms with Crippen LogP contribution in [-0.4, -0.2) is 6.03 Å². The molecule has 0 aromatic heterocycles. The second-order valence-corrected chi connectivity index (χ2v) is 6.23. The summed E-state index contributed by atoms with van der Waals surface area (Å²) in [6.45, 7) is 0. The third-order valence-corrected chi connectivity index (χ3v) is 4.58. The maximum Gasteiger partial charge on any atom is 0.319 e. The van der Waals surface area contributed by atoms with Crippen molar-refractivity contribution >= 4 is 27.7 Å². The molecule has 2 aromatic carbocycles. The summed E-state index contributed by atoms with van der Waals surface area (Å²) in [4.78, 5) is 12.0. The van der Waals surface area contributed by atoms with Gasteiger partial charge in [-0.2, -0.15) is 0 Å². The normalized spacial score (nSPS) is 19.7. The predicted octanol–water partition coefficient (Wildman–Crippen LogP) is 3.77. The Labute approximate surface area is 131 Å². The van der Waals surface area contributed by atoms with E-state index in [0.29, 0.717) is 0 Å². The Morgan fingerprint density at radius 2 is 1.81 bits per heavy atom. The third kappa shape index (κ3) is 2.07. The average molecular weight is 341 g/mol. The van der Waals surface area contributed by atoms with Gasteiger partial charge in [-0.1, -0.05) is 52.3 Å². The smallest absolute Gasteiger partial charge is 0.319 e. The van der Waals surface area contributed by atoms with Crippen LogP contribution in [0.5, 0.6) is 0 Å². The first-order valence-electron chi connectivity index (χ1n) is 6.86. The highest BCUT2D eigenvalue weighted by atomic mass is 79.9. The van der Waals surface area contributed by atoms with E-state index in [2.05, 4.69) is 38.7 Å². The number of hydrogen-bond donors (Lipinski definition) is 2. The standard InChI is InChI=1S/C17H13BrN2O/c18-12-7-5-10(6-8-12)15-14-9-11-3-1-2-4-13(11)16(14)20-17(21)19-15/h1-8,15H,9H2,(H2,19,20,21). The third-order valence-electron chi connectivity index (χ3n) is 4.05. The minimum atomic E-state index is -0.140. The first-order chi connectivity index (χ1) is 10.2. The van der Waals surface area contributed by atoms with Gasteiger partial charge in [0.05, 0.1) is 11.7 Å². The predicted molar refractivity (Wildman–Crippen MR) is 85.6 cm³/mol. The largest absolute Gasteiger partial charge is 0.327 e. The van der Waals surface area contributed by atoms with Crippen molar-refractivity contribution in [3.63, 3.8) is 0 Å². The number of hydrogen-bond acceptors (Lipinski definition) is 1. The van der Waals surface area contributed by atoms with Gasteiger partial charge in [-0.15, -0.1) is 0 Å². The van der Waals surface area contributed by atoms with Gasteiger partial charge in [0.25, 0.3) is 0 Å². The van der Waals surface area contributed by atoms with Gasteiger partial charge in [0.1, 0.15) is 0 Å². The van der Waals surface area contributed by atoms with Crippen molar-refractivity contribution < 1.29 is 4.79 Å². The molecule has 2 amide bonds. The second kappa shape index (κ2) is 4.74. The summed E-state index contributed by atoms with van der Waals surface area (Å²) in [5.74, 6) is 0. The van der Waals surface area contributed by atoms with Gasteiger partial charge in [-0.05, 0) is 35.3 Å². The molecule has 0 fully saturated rings. The van der Waals surface area contributed by atoms with Crippen molar-refractivity contribution in [3.05, 3.63) is 75.3 Å². The van der Waals surface area contributed by atoms with Crippen molar-refractivity contribution in [1.82, 2.24) is 10.6 Å². The molecule has 1 unspecified atom stereocenters. The van der Waals surface area contributed by atoms with Gasteiger partial charge < -0.3 is 10.6 Å². The molecule has 1 atom stereocenters. The van der Waals surface area contributed by atoms with Crippen molar-refractivity contribution in [2.45, 2.75) is 12.5 Å². The molecule has 21 heavy (non-hydrogen) atoms. The molecule has 1 aliphatic heterocycles. The number of nitrogens with one attached hydrogen (secondary N) is 2. The monoisotopic (exact) mass is 340 g/mol. The van der Waals surface area contributed by atoms with E-state index in [9.17, 15) is 4.79 Å². The van der Waals surface area contributed by atoms with Crippen LogP contribution in [0.2, 0.25) is 0 Å². The first-order valence-corrected chi connectivity index (χ1v) is 7.66. The Kier molecular flexibility index (Phi) is 2.86. The number of carbonyl (C=O) groups excluding carboxylic acids is 1. The summed E-state index contributed by atoms with van der Waals surface area (Å²) in [5.41, 5.74) is 5.73. The van der Waals surface area contributed by atoms with E-state index in [-0.39, 0.29) is 12.1 Å². The fraction of sp³-hybridized carbons (Fsp3) is 0.118. The number of halogens is 1. The molecule has 1 aliphatic carbocycles. The highest BCUT2D eigenvalue weighted by Crippen LogP contribution is 2.39. The van der Waals surface area contributed by atoms with Gasteiger partial charge in [0.2, 0.25) is 0 Å². The van der Waals surface area contributed by atoms with Crippen molar-refractivity contribution in [2.75, 3.05) is 0 Å². The van der Waals surface area contributed by atoms with Crippen LogP contribution in [-0.2, 0) is 6.42 Å². The number of rotatable bonds is 1. The molecule has 2 aliphatic rings. The quantitative estimate of drug-likeness (QED) is 0.815. The lowest BCUT2D eigenvalue weighted by atomic mass is 9.95. The topological polar surface area (TPSA) is 41.1 Å². The maximum atomic E-state index is 12.0. The lowest BCUT2D eigenvalue weighted by molar-refractivity contribution is 0.240. The van der Waals surface area contributed by atoms with Crippen LogP contribution in [0.25, 0.3) is 5.70 Å². The average Bonchev–Trinajstić information content (AvgIpc) is 2.86. The van der Waals surface area contributed by atoms with Crippen LogP contribution in [0, 0.1) is 0 Å². The Morgan fingerprint density at radius 1 is 1.05 bits per heavy atom. The number of benzene rings is 2. The van der Waals surface area contributed by atoms with E-state index >= 15 is 0 Å². The Morgan fingerprint density at radius 3 is 2.62 bits per heavy atom. The first kappa shape index (κ1) is 12.7. The number of amides is 2. The molecule has 2 N–H and O–H groups in total. The van der Waals surface area contributed by atoms with Crippen LogP contribution >= 0.6 is 15.9 Å². The van der Waals surface area contributed by atoms with Gasteiger partial charge in [-0.3, -0.25) is 0 Å². The Balaban J connectivity index is 1.81. The molecule has 0 saturated carbocycles. The minimum absolute atomic E-state index is 0.0609. The number of carbonyl (C=O) groups is 1. The minimum Gasteiger partial charge on any atom is -0.327 e. The van der Waals surface area contributed by atoms with Crippen molar-refractivity contribution in [2.24, 2.45) is 0 Å². The SMILES string of the molecule is O=C1NC2=C(Cc3ccccc32)C(c2ccc(Br)cc2)N1. The van der Waals surface area contributed by atoms with E-state index in [1.807, 2.05) is 36.4 Å². The van der Waals surface area contributed by atoms with Crippen LogP contribution < -0.4 is 10.6 Å². The van der Waals surface area contributed by atoms with Crippen LogP contribution in [0.3, 0.4) is 0 Å². The molecule has 4 rings (SSSR count). The van der Waals surface area contributed by atoms with E-state index in [4.69, 9.17) is 0 Å². The molecule has 2 aromatic rings. The molecule has 0 radical (unpaired) electrons. The summed E-state index contributed by atoms with van der Waals surface area (Å²) in [7, 11) is 0. The van der Waals surface area contributed by atoms with Crippen molar-refractivity contribution in [1.29, 1.82) is 0 Å². The van der Waals surface area contributed by atoms with Gasteiger partial charge >= 0.3 is 6.03 Å². The van der Waals surface area contributed by atoms with E-state index < -0.39 is 0 Å². The summed E-state index contributed by atoms with van der Waals surface area (Å²) in [6, 6.07) is 16.2. The second-order valence-electron chi connectivity index (χ2n) is 5.32. The molecular formula is C17H13BrN2O. The molecule has 0 bridgehead atoms. The molecule has 0 saturated heterocycles. The maximum absolute atomic E-state index is 12.0. The number of urea groups is 1. The summed E-state index contributed by atoms with van der Waals surface area (Å²) < 4.78 is 1.04. The van der Waals surface area contributed by atoms with Gasteiger partial charge in [0.15, 0.2) is 0 Å². The highest BCUT2D eigenvalue weighted by molar-refractivity contribution is 9.10. The number of fused-ring (bicyclic) bond motifs is 2. The zero-order valence-corrected chi connectivity index (χ0v) is 12.8. The van der Waals surface area contributed by atoms with Gasteiger partial charge in [0, 0.05) is 10.0 Å². The Hall–Kier alpha value is -2.07. The summed E-state index contributed by atoms with van der Waals surface area (Å²) in [6.07, 6.45) is 0.875. The molecule has 3 nitrogen and oxygen atoms in total. The molecular weight excluding hydrogens is 328 g/mol. The lowest BCUT2D eigenvalue weighted by Gasteiger charge is -2.27. The lowest BCUT2D eigenvalue weighted by Crippen LogP contribution is -2.42. The highest BCUT2D eigenvalue weighted by Gasteiger charge is 2.33. The van der Waals surface area contributed by atoms with Gasteiger partial charge in [-0.25, -0.2) is 4.79 Å². The fourth-order valence-electron chi connectivity index (χ4n) is 3.09. The fourth-order valence-corrected chi connectivity index (χ4v) is 3.35. The summed E-state index contributed by atoms with van der Waals surface area (Å²) >= 11 is 3.45. The van der Waals surface area contributed by atoms with Crippen LogP contribution in [0.15, 0.2) is 58.6 Å². The zero-order valence-electron chi connectivity index (χ0n) is 11.2. The zero-order chi connectivity index (χ0) is 14.4. The summed E-state index contributed by atoms with van der Waals surface area (Å²) in [5, 5.41) is 6.00. The Bertz CT molecular complexity index is 765.